The number of anilines is 1. The molecule has 0 unspecified atom stereocenters. The fraction of sp³-hybridized carbons (Fsp3) is 0.0952. The summed E-state index contributed by atoms with van der Waals surface area (Å²) in [4.78, 5) is 12.2. The van der Waals surface area contributed by atoms with Crippen LogP contribution in [0.15, 0.2) is 82.2 Å². The molecule has 0 saturated heterocycles. The van der Waals surface area contributed by atoms with Crippen molar-refractivity contribution < 1.29 is 17.6 Å². The van der Waals surface area contributed by atoms with E-state index in [0.717, 1.165) is 10.0 Å². The Bertz CT molecular complexity index is 1120. The van der Waals surface area contributed by atoms with Crippen molar-refractivity contribution in [1.82, 2.24) is 5.32 Å². The molecule has 3 aromatic carbocycles. The van der Waals surface area contributed by atoms with E-state index in [-0.39, 0.29) is 16.5 Å². The van der Waals surface area contributed by atoms with Gasteiger partial charge in [0, 0.05) is 16.6 Å². The molecule has 0 fully saturated rings. The van der Waals surface area contributed by atoms with Gasteiger partial charge in [0.1, 0.15) is 5.82 Å². The van der Waals surface area contributed by atoms with Crippen LogP contribution in [0, 0.1) is 5.82 Å². The summed E-state index contributed by atoms with van der Waals surface area (Å²) in [5.41, 5.74) is 1.27. The number of hydrogen-bond acceptors (Lipinski definition) is 3. The molecule has 0 aliphatic heterocycles. The first-order valence-corrected chi connectivity index (χ1v) is 11.0. The van der Waals surface area contributed by atoms with Gasteiger partial charge in [-0.05, 0) is 54.4 Å². The van der Waals surface area contributed by atoms with Gasteiger partial charge in [-0.25, -0.2) is 12.8 Å². The first-order chi connectivity index (χ1) is 13.9. The Hall–Kier alpha value is -2.71. The van der Waals surface area contributed by atoms with Gasteiger partial charge >= 0.3 is 0 Å². The van der Waals surface area contributed by atoms with Gasteiger partial charge < -0.3 is 5.32 Å². The molecule has 0 saturated carbocycles. The molecule has 0 aromatic heterocycles. The lowest BCUT2D eigenvalue weighted by atomic mass is 10.1. The number of carbonyl (C=O) groups is 1. The molecular weight excluding hydrogens is 459 g/mol. The lowest BCUT2D eigenvalue weighted by molar-refractivity contribution is 0.0954. The Morgan fingerprint density at radius 1 is 0.931 bits per heavy atom. The van der Waals surface area contributed by atoms with Crippen molar-refractivity contribution in [3.05, 3.63) is 94.2 Å². The Morgan fingerprint density at radius 3 is 2.28 bits per heavy atom. The molecule has 0 radical (unpaired) electrons. The van der Waals surface area contributed by atoms with Crippen LogP contribution in [0.5, 0.6) is 0 Å². The van der Waals surface area contributed by atoms with Crippen LogP contribution in [0.3, 0.4) is 0 Å². The van der Waals surface area contributed by atoms with Gasteiger partial charge in [-0.2, -0.15) is 0 Å². The van der Waals surface area contributed by atoms with Crippen LogP contribution in [-0.4, -0.2) is 20.9 Å². The van der Waals surface area contributed by atoms with Crippen LogP contribution in [-0.2, 0) is 16.4 Å². The maximum absolute atomic E-state index is 13.7. The van der Waals surface area contributed by atoms with Crippen LogP contribution in [0.25, 0.3) is 0 Å². The highest BCUT2D eigenvalue weighted by Gasteiger charge is 2.17. The smallest absolute Gasteiger partial charge is 0.261 e. The third-order valence-corrected chi connectivity index (χ3v) is 6.34. The summed E-state index contributed by atoms with van der Waals surface area (Å²) in [6.45, 7) is 0.441. The summed E-state index contributed by atoms with van der Waals surface area (Å²) in [6.07, 6.45) is 0.659. The molecule has 0 spiro atoms. The Labute approximate surface area is 177 Å². The Kier molecular flexibility index (Phi) is 6.66. The van der Waals surface area contributed by atoms with E-state index in [9.17, 15) is 17.6 Å². The molecule has 0 bridgehead atoms. The first kappa shape index (κ1) is 21.0. The van der Waals surface area contributed by atoms with E-state index < -0.39 is 15.8 Å². The second-order valence-corrected chi connectivity index (χ2v) is 8.74. The summed E-state index contributed by atoms with van der Waals surface area (Å²) < 4.78 is 41.7. The molecule has 0 atom stereocenters. The second kappa shape index (κ2) is 9.19. The van der Waals surface area contributed by atoms with Crippen LogP contribution in [0.4, 0.5) is 10.1 Å². The number of benzene rings is 3. The van der Waals surface area contributed by atoms with Crippen molar-refractivity contribution in [2.75, 3.05) is 11.3 Å². The monoisotopic (exact) mass is 476 g/mol. The number of rotatable bonds is 7. The fourth-order valence-electron chi connectivity index (χ4n) is 2.65. The topological polar surface area (TPSA) is 75.3 Å². The van der Waals surface area contributed by atoms with Crippen molar-refractivity contribution in [1.29, 1.82) is 0 Å². The molecule has 150 valence electrons. The summed E-state index contributed by atoms with van der Waals surface area (Å²) in [7, 11) is -3.96. The predicted molar refractivity (Wildman–Crippen MR) is 114 cm³/mol. The molecule has 5 nitrogen and oxygen atoms in total. The number of para-hydroxylation sites is 1. The molecule has 1 amide bonds. The highest BCUT2D eigenvalue weighted by Crippen LogP contribution is 2.19. The molecule has 3 rings (SSSR count). The molecule has 8 heteroatoms. The van der Waals surface area contributed by atoms with E-state index in [2.05, 4.69) is 26.0 Å². The van der Waals surface area contributed by atoms with Gasteiger partial charge in [-0.15, -0.1) is 0 Å². The number of carbonyl (C=O) groups excluding carboxylic acids is 1. The number of halogens is 2. The minimum Gasteiger partial charge on any atom is -0.352 e. The highest BCUT2D eigenvalue weighted by atomic mass is 79.9. The van der Waals surface area contributed by atoms with Crippen molar-refractivity contribution in [3.63, 3.8) is 0 Å². The van der Waals surface area contributed by atoms with Crippen LogP contribution in [0.2, 0.25) is 0 Å². The lowest BCUT2D eigenvalue weighted by Crippen LogP contribution is -2.25. The molecule has 3 aromatic rings. The quantitative estimate of drug-likeness (QED) is 0.531. The zero-order valence-corrected chi connectivity index (χ0v) is 17.6. The summed E-state index contributed by atoms with van der Waals surface area (Å²) in [6, 6.07) is 18.7. The van der Waals surface area contributed by atoms with Gasteiger partial charge in [0.2, 0.25) is 0 Å². The highest BCUT2D eigenvalue weighted by molar-refractivity contribution is 9.10. The zero-order chi connectivity index (χ0) is 20.9. The Balaban J connectivity index is 1.62. The standard InChI is InChI=1S/C21H18BrFN2O3S/c22-18-6-2-1-5-15(18)13-14-24-21(26)16-9-11-17(12-10-16)29(27,28)25-20-8-4-3-7-19(20)23/h1-12,25H,13-14H2,(H,24,26). The third kappa shape index (κ3) is 5.42. The number of amides is 1. The van der Waals surface area contributed by atoms with E-state index in [1.165, 1.54) is 48.5 Å². The van der Waals surface area contributed by atoms with Crippen LogP contribution < -0.4 is 10.0 Å². The van der Waals surface area contributed by atoms with Crippen molar-refractivity contribution in [2.24, 2.45) is 0 Å². The summed E-state index contributed by atoms with van der Waals surface area (Å²) in [5.74, 6) is -0.972. The summed E-state index contributed by atoms with van der Waals surface area (Å²) in [5, 5.41) is 2.81. The van der Waals surface area contributed by atoms with E-state index in [1.807, 2.05) is 24.3 Å². The second-order valence-electron chi connectivity index (χ2n) is 6.21. The maximum atomic E-state index is 13.7. The molecular formula is C21H18BrFN2O3S. The molecule has 0 aliphatic carbocycles. The van der Waals surface area contributed by atoms with Crippen molar-refractivity contribution in [3.8, 4) is 0 Å². The largest absolute Gasteiger partial charge is 0.352 e. The molecule has 0 heterocycles. The molecule has 29 heavy (non-hydrogen) atoms. The normalized spacial score (nSPS) is 11.1. The van der Waals surface area contributed by atoms with Crippen molar-refractivity contribution >= 4 is 37.5 Å². The fourth-order valence-corrected chi connectivity index (χ4v) is 4.20. The van der Waals surface area contributed by atoms with Gasteiger partial charge in [0.15, 0.2) is 0 Å². The zero-order valence-electron chi connectivity index (χ0n) is 15.2. The van der Waals surface area contributed by atoms with E-state index in [1.54, 1.807) is 0 Å². The minimum atomic E-state index is -3.96. The predicted octanol–water partition coefficient (Wildman–Crippen LogP) is 4.36. The molecule has 2 N–H and O–H groups in total. The first-order valence-electron chi connectivity index (χ1n) is 8.76. The number of nitrogens with one attached hydrogen (secondary N) is 2. The van der Waals surface area contributed by atoms with Crippen LogP contribution in [0.1, 0.15) is 15.9 Å². The minimum absolute atomic E-state index is 0.0643. The van der Waals surface area contributed by atoms with Crippen LogP contribution >= 0.6 is 15.9 Å². The van der Waals surface area contributed by atoms with E-state index in [0.29, 0.717) is 18.5 Å². The Morgan fingerprint density at radius 2 is 1.59 bits per heavy atom. The third-order valence-electron chi connectivity index (χ3n) is 4.18. The van der Waals surface area contributed by atoms with Gasteiger partial charge in [0.25, 0.3) is 15.9 Å². The maximum Gasteiger partial charge on any atom is 0.261 e. The van der Waals surface area contributed by atoms with E-state index >= 15 is 0 Å². The number of hydrogen-bond donors (Lipinski definition) is 2. The van der Waals surface area contributed by atoms with Crippen molar-refractivity contribution in [2.45, 2.75) is 11.3 Å². The van der Waals surface area contributed by atoms with Gasteiger partial charge in [-0.1, -0.05) is 46.3 Å². The summed E-state index contributed by atoms with van der Waals surface area (Å²) >= 11 is 3.46. The van der Waals surface area contributed by atoms with Gasteiger partial charge in [0.05, 0.1) is 10.6 Å². The SMILES string of the molecule is O=C(NCCc1ccccc1Br)c1ccc(S(=O)(=O)Nc2ccccc2F)cc1. The lowest BCUT2D eigenvalue weighted by Gasteiger charge is -2.10. The average molecular weight is 477 g/mol. The van der Waals surface area contributed by atoms with E-state index in [4.69, 9.17) is 0 Å². The average Bonchev–Trinajstić information content (AvgIpc) is 2.71. The molecule has 0 aliphatic rings. The van der Waals surface area contributed by atoms with Gasteiger partial charge in [-0.3, -0.25) is 9.52 Å². The number of sulfonamides is 1.